The van der Waals surface area contributed by atoms with Crippen LogP contribution in [-0.4, -0.2) is 20.9 Å². The number of nitrogens with zero attached hydrogens (tertiary/aromatic N) is 2. The Balaban J connectivity index is 1.81. The van der Waals surface area contributed by atoms with Gasteiger partial charge in [-0.1, -0.05) is 19.1 Å². The smallest absolute Gasteiger partial charge is 0.326 e. The molecule has 0 aliphatic heterocycles. The number of alkyl halides is 3. The summed E-state index contributed by atoms with van der Waals surface area (Å²) in [6.45, 7) is 3.67. The first kappa shape index (κ1) is 23.1. The molecule has 2 aromatic carbocycles. The number of fused-ring (bicyclic) bond motifs is 1. The number of carbonyl (C=O) groups excluding carboxylic acids is 2. The number of carbonyl (C=O) groups is 2. The minimum Gasteiger partial charge on any atom is -0.326 e. The van der Waals surface area contributed by atoms with Crippen LogP contribution in [0.25, 0.3) is 11.0 Å². The van der Waals surface area contributed by atoms with Crippen LogP contribution >= 0.6 is 0 Å². The quantitative estimate of drug-likeness (QED) is 0.568. The Morgan fingerprint density at radius 1 is 0.969 bits per heavy atom. The van der Waals surface area contributed by atoms with E-state index >= 15 is 0 Å². The summed E-state index contributed by atoms with van der Waals surface area (Å²) < 4.78 is 43.4. The molecule has 10 heteroatoms. The van der Waals surface area contributed by atoms with E-state index in [0.29, 0.717) is 12.1 Å². The first-order valence-corrected chi connectivity index (χ1v) is 10.1. The van der Waals surface area contributed by atoms with Crippen LogP contribution in [0.1, 0.15) is 32.3 Å². The summed E-state index contributed by atoms with van der Waals surface area (Å²) in [6, 6.07) is 10.3. The molecule has 0 aliphatic carbocycles. The van der Waals surface area contributed by atoms with Crippen LogP contribution in [0.3, 0.4) is 0 Å². The molecule has 0 aliphatic rings. The van der Waals surface area contributed by atoms with Crippen LogP contribution in [0.2, 0.25) is 0 Å². The monoisotopic (exact) mass is 448 g/mol. The molecular weight excluding hydrogens is 425 g/mol. The number of para-hydroxylation sites is 2. The molecule has 0 fully saturated rings. The zero-order chi connectivity index (χ0) is 23.5. The highest BCUT2D eigenvalue weighted by atomic mass is 19.4. The first-order valence-electron chi connectivity index (χ1n) is 10.1. The predicted molar refractivity (Wildman–Crippen MR) is 115 cm³/mol. The minimum atomic E-state index is -4.73. The lowest BCUT2D eigenvalue weighted by molar-refractivity contribution is -0.137. The van der Waals surface area contributed by atoms with Gasteiger partial charge in [-0.25, -0.2) is 4.79 Å². The van der Waals surface area contributed by atoms with E-state index in [2.05, 4.69) is 10.6 Å². The third-order valence-electron chi connectivity index (χ3n) is 4.85. The average molecular weight is 448 g/mol. The molecule has 0 unspecified atom stereocenters. The Bertz CT molecular complexity index is 1210. The van der Waals surface area contributed by atoms with E-state index in [1.54, 1.807) is 16.7 Å². The molecule has 32 heavy (non-hydrogen) atoms. The molecule has 1 heterocycles. The van der Waals surface area contributed by atoms with E-state index < -0.39 is 29.2 Å². The molecular formula is C22H23F3N4O3. The minimum absolute atomic E-state index is 0.0211. The van der Waals surface area contributed by atoms with Crippen molar-refractivity contribution in [2.75, 3.05) is 10.6 Å². The SMILES string of the molecule is CCCn1c(=O)n(CCC(=O)Nc2ccc(NC(C)=O)cc2C(F)(F)F)c2ccccc21. The highest BCUT2D eigenvalue weighted by molar-refractivity contribution is 5.93. The van der Waals surface area contributed by atoms with Gasteiger partial charge in [-0.15, -0.1) is 0 Å². The number of aryl methyl sites for hydroxylation is 2. The summed E-state index contributed by atoms with van der Waals surface area (Å²) in [4.78, 5) is 36.3. The van der Waals surface area contributed by atoms with Gasteiger partial charge in [0.15, 0.2) is 0 Å². The maximum atomic E-state index is 13.5. The molecule has 3 rings (SSSR count). The van der Waals surface area contributed by atoms with E-state index in [-0.39, 0.29) is 24.3 Å². The molecule has 0 radical (unpaired) electrons. The van der Waals surface area contributed by atoms with Crippen LogP contribution in [0.5, 0.6) is 0 Å². The summed E-state index contributed by atoms with van der Waals surface area (Å²) in [5.41, 5.74) is -0.386. The Morgan fingerprint density at radius 2 is 1.59 bits per heavy atom. The van der Waals surface area contributed by atoms with Crippen LogP contribution in [-0.2, 0) is 28.9 Å². The number of hydrogen-bond acceptors (Lipinski definition) is 3. The normalized spacial score (nSPS) is 11.5. The van der Waals surface area contributed by atoms with Gasteiger partial charge < -0.3 is 10.6 Å². The number of benzene rings is 2. The van der Waals surface area contributed by atoms with E-state index in [1.165, 1.54) is 17.6 Å². The van der Waals surface area contributed by atoms with Crippen molar-refractivity contribution in [3.8, 4) is 0 Å². The van der Waals surface area contributed by atoms with Crippen LogP contribution in [0.4, 0.5) is 24.5 Å². The fraction of sp³-hybridized carbons (Fsp3) is 0.318. The summed E-state index contributed by atoms with van der Waals surface area (Å²) in [7, 11) is 0. The zero-order valence-corrected chi connectivity index (χ0v) is 17.6. The number of amides is 2. The van der Waals surface area contributed by atoms with Crippen molar-refractivity contribution in [1.29, 1.82) is 0 Å². The van der Waals surface area contributed by atoms with Crippen molar-refractivity contribution in [2.24, 2.45) is 0 Å². The fourth-order valence-electron chi connectivity index (χ4n) is 3.52. The van der Waals surface area contributed by atoms with Gasteiger partial charge in [0, 0.05) is 32.1 Å². The number of aromatic nitrogens is 2. The van der Waals surface area contributed by atoms with E-state index in [0.717, 1.165) is 24.1 Å². The Morgan fingerprint density at radius 3 is 2.16 bits per heavy atom. The molecule has 2 N–H and O–H groups in total. The molecule has 3 aromatic rings. The summed E-state index contributed by atoms with van der Waals surface area (Å²) in [5.74, 6) is -1.18. The Kier molecular flexibility index (Phi) is 6.71. The maximum Gasteiger partial charge on any atom is 0.418 e. The lowest BCUT2D eigenvalue weighted by Crippen LogP contribution is -2.26. The summed E-state index contributed by atoms with van der Waals surface area (Å²) in [5, 5.41) is 4.56. The van der Waals surface area contributed by atoms with Gasteiger partial charge in [-0.05, 0) is 36.8 Å². The van der Waals surface area contributed by atoms with Gasteiger partial charge in [0.05, 0.1) is 22.3 Å². The molecule has 2 amide bonds. The van der Waals surface area contributed by atoms with E-state index in [1.807, 2.05) is 19.1 Å². The number of rotatable bonds is 7. The number of halogens is 3. The fourth-order valence-corrected chi connectivity index (χ4v) is 3.52. The standard InChI is InChI=1S/C22H23F3N4O3/c1-3-11-28-18-6-4-5-7-19(18)29(21(28)32)12-10-20(31)27-17-9-8-15(26-14(2)30)13-16(17)22(23,24)25/h4-9,13H,3,10-12H2,1-2H3,(H,26,30)(H,27,31). The molecule has 0 spiro atoms. The molecule has 170 valence electrons. The maximum absolute atomic E-state index is 13.5. The highest BCUT2D eigenvalue weighted by Crippen LogP contribution is 2.36. The predicted octanol–water partition coefficient (Wildman–Crippen LogP) is 4.22. The lowest BCUT2D eigenvalue weighted by atomic mass is 10.1. The molecule has 0 saturated carbocycles. The van der Waals surface area contributed by atoms with Crippen molar-refractivity contribution in [2.45, 2.75) is 46.0 Å². The number of imidazole rings is 1. The molecule has 0 saturated heterocycles. The Labute approximate surface area is 181 Å². The third kappa shape index (κ3) is 5.01. The van der Waals surface area contributed by atoms with E-state index in [9.17, 15) is 27.6 Å². The van der Waals surface area contributed by atoms with Gasteiger partial charge in [0.1, 0.15) is 0 Å². The largest absolute Gasteiger partial charge is 0.418 e. The van der Waals surface area contributed by atoms with Crippen LogP contribution in [0, 0.1) is 0 Å². The van der Waals surface area contributed by atoms with E-state index in [4.69, 9.17) is 0 Å². The van der Waals surface area contributed by atoms with Crippen molar-refractivity contribution in [3.63, 3.8) is 0 Å². The van der Waals surface area contributed by atoms with Crippen molar-refractivity contribution >= 4 is 34.2 Å². The topological polar surface area (TPSA) is 85.1 Å². The van der Waals surface area contributed by atoms with Gasteiger partial charge in [-0.2, -0.15) is 13.2 Å². The molecule has 0 bridgehead atoms. The average Bonchev–Trinajstić information content (AvgIpc) is 2.98. The third-order valence-corrected chi connectivity index (χ3v) is 4.85. The van der Waals surface area contributed by atoms with Crippen molar-refractivity contribution < 1.29 is 22.8 Å². The second kappa shape index (κ2) is 9.29. The van der Waals surface area contributed by atoms with Crippen LogP contribution in [0.15, 0.2) is 47.3 Å². The number of hydrogen-bond donors (Lipinski definition) is 2. The molecule has 0 atom stereocenters. The highest BCUT2D eigenvalue weighted by Gasteiger charge is 2.34. The molecule has 7 nitrogen and oxygen atoms in total. The molecule has 1 aromatic heterocycles. The second-order valence-corrected chi connectivity index (χ2v) is 7.31. The number of anilines is 2. The van der Waals surface area contributed by atoms with Gasteiger partial charge in [0.2, 0.25) is 11.8 Å². The Hall–Kier alpha value is -3.56. The van der Waals surface area contributed by atoms with Gasteiger partial charge in [-0.3, -0.25) is 18.7 Å². The summed E-state index contributed by atoms with van der Waals surface area (Å²) in [6.07, 6.45) is -4.17. The second-order valence-electron chi connectivity index (χ2n) is 7.31. The van der Waals surface area contributed by atoms with Crippen molar-refractivity contribution in [3.05, 3.63) is 58.5 Å². The first-order chi connectivity index (χ1) is 15.1. The zero-order valence-electron chi connectivity index (χ0n) is 17.6. The van der Waals surface area contributed by atoms with Gasteiger partial charge in [0.25, 0.3) is 0 Å². The van der Waals surface area contributed by atoms with Crippen LogP contribution < -0.4 is 16.3 Å². The summed E-state index contributed by atoms with van der Waals surface area (Å²) >= 11 is 0. The van der Waals surface area contributed by atoms with Crippen molar-refractivity contribution in [1.82, 2.24) is 9.13 Å². The number of nitrogens with one attached hydrogen (secondary N) is 2. The van der Waals surface area contributed by atoms with Gasteiger partial charge >= 0.3 is 11.9 Å². The lowest BCUT2D eigenvalue weighted by Gasteiger charge is -2.15.